The molecule has 17 heavy (non-hydrogen) atoms. The lowest BCUT2D eigenvalue weighted by Gasteiger charge is -2.18. The predicted octanol–water partition coefficient (Wildman–Crippen LogP) is 1.40. The lowest BCUT2D eigenvalue weighted by Crippen LogP contribution is -2.19. The van der Waals surface area contributed by atoms with Gasteiger partial charge in [-0.05, 0) is 12.1 Å². The standard InChI is InChI=1S/C10H11N5OS/c1-15(10-13-12-6-17-10)8-5-3-2-4-7(8)9(11)14-16/h2-6,16H,1H3,(H2,11,14). The van der Waals surface area contributed by atoms with E-state index in [1.807, 2.05) is 30.1 Å². The summed E-state index contributed by atoms with van der Waals surface area (Å²) in [5.41, 5.74) is 8.73. The van der Waals surface area contributed by atoms with Crippen LogP contribution in [-0.2, 0) is 0 Å². The molecule has 0 atom stereocenters. The van der Waals surface area contributed by atoms with E-state index in [0.29, 0.717) is 5.56 Å². The fourth-order valence-corrected chi connectivity index (χ4v) is 1.99. The molecule has 6 nitrogen and oxygen atoms in total. The van der Waals surface area contributed by atoms with Crippen molar-refractivity contribution in [2.24, 2.45) is 10.9 Å². The van der Waals surface area contributed by atoms with Gasteiger partial charge in [-0.1, -0.05) is 28.6 Å². The summed E-state index contributed by atoms with van der Waals surface area (Å²) >= 11 is 1.41. The Morgan fingerprint density at radius 1 is 1.47 bits per heavy atom. The number of aromatic nitrogens is 2. The Kier molecular flexibility index (Phi) is 3.20. The van der Waals surface area contributed by atoms with Crippen LogP contribution in [0.3, 0.4) is 0 Å². The van der Waals surface area contributed by atoms with Crippen LogP contribution < -0.4 is 10.6 Å². The summed E-state index contributed by atoms with van der Waals surface area (Å²) in [5, 5.41) is 20.3. The van der Waals surface area contributed by atoms with E-state index in [2.05, 4.69) is 15.4 Å². The summed E-state index contributed by atoms with van der Waals surface area (Å²) in [6, 6.07) is 7.35. The van der Waals surface area contributed by atoms with Crippen molar-refractivity contribution < 1.29 is 5.21 Å². The summed E-state index contributed by atoms with van der Waals surface area (Å²) in [6.07, 6.45) is 0. The van der Waals surface area contributed by atoms with Gasteiger partial charge in [0.05, 0.1) is 5.69 Å². The topological polar surface area (TPSA) is 87.6 Å². The number of oxime groups is 1. The zero-order chi connectivity index (χ0) is 12.3. The summed E-state index contributed by atoms with van der Waals surface area (Å²) < 4.78 is 0. The van der Waals surface area contributed by atoms with Crippen molar-refractivity contribution in [3.8, 4) is 0 Å². The van der Waals surface area contributed by atoms with Crippen LogP contribution in [0.15, 0.2) is 34.9 Å². The number of nitrogens with zero attached hydrogens (tertiary/aromatic N) is 4. The van der Waals surface area contributed by atoms with Crippen LogP contribution >= 0.6 is 11.3 Å². The minimum absolute atomic E-state index is 0.0666. The first kappa shape index (κ1) is 11.3. The van der Waals surface area contributed by atoms with Crippen LogP contribution in [0, 0.1) is 0 Å². The van der Waals surface area contributed by atoms with E-state index in [-0.39, 0.29) is 5.84 Å². The monoisotopic (exact) mass is 249 g/mol. The Hall–Kier alpha value is -2.15. The summed E-state index contributed by atoms with van der Waals surface area (Å²) in [7, 11) is 1.85. The van der Waals surface area contributed by atoms with E-state index in [4.69, 9.17) is 10.9 Å². The van der Waals surface area contributed by atoms with Crippen molar-refractivity contribution in [2.75, 3.05) is 11.9 Å². The van der Waals surface area contributed by atoms with Crippen LogP contribution in [0.4, 0.5) is 10.8 Å². The highest BCUT2D eigenvalue weighted by atomic mass is 32.1. The van der Waals surface area contributed by atoms with Gasteiger partial charge >= 0.3 is 0 Å². The van der Waals surface area contributed by atoms with Crippen molar-refractivity contribution in [2.45, 2.75) is 0 Å². The van der Waals surface area contributed by atoms with Crippen LogP contribution in [0.1, 0.15) is 5.56 Å². The highest BCUT2D eigenvalue weighted by Crippen LogP contribution is 2.27. The first-order valence-corrected chi connectivity index (χ1v) is 5.69. The molecule has 0 aliphatic rings. The van der Waals surface area contributed by atoms with E-state index in [0.717, 1.165) is 10.8 Å². The molecule has 0 aliphatic carbocycles. The second kappa shape index (κ2) is 4.79. The fourth-order valence-electron chi connectivity index (χ4n) is 1.45. The molecule has 2 aromatic rings. The molecule has 0 saturated heterocycles. The molecule has 0 bridgehead atoms. The summed E-state index contributed by atoms with van der Waals surface area (Å²) in [6.45, 7) is 0. The Labute approximate surface area is 102 Å². The van der Waals surface area contributed by atoms with Crippen LogP contribution in [0.5, 0.6) is 0 Å². The highest BCUT2D eigenvalue weighted by molar-refractivity contribution is 7.13. The molecule has 2 rings (SSSR count). The van der Waals surface area contributed by atoms with Gasteiger partial charge in [-0.2, -0.15) is 0 Å². The number of hydrogen-bond acceptors (Lipinski definition) is 6. The van der Waals surface area contributed by atoms with Crippen molar-refractivity contribution >= 4 is 28.0 Å². The van der Waals surface area contributed by atoms with Gasteiger partial charge in [0, 0.05) is 12.6 Å². The van der Waals surface area contributed by atoms with E-state index in [1.54, 1.807) is 11.6 Å². The van der Waals surface area contributed by atoms with Gasteiger partial charge < -0.3 is 15.8 Å². The lowest BCUT2D eigenvalue weighted by molar-refractivity contribution is 0.318. The average Bonchev–Trinajstić information content (AvgIpc) is 2.91. The molecule has 1 aromatic carbocycles. The maximum atomic E-state index is 8.74. The molecule has 0 unspecified atom stereocenters. The zero-order valence-corrected chi connectivity index (χ0v) is 9.92. The smallest absolute Gasteiger partial charge is 0.212 e. The van der Waals surface area contributed by atoms with Crippen LogP contribution in [0.25, 0.3) is 0 Å². The van der Waals surface area contributed by atoms with Crippen LogP contribution in [-0.4, -0.2) is 28.3 Å². The maximum Gasteiger partial charge on any atom is 0.212 e. The zero-order valence-electron chi connectivity index (χ0n) is 9.11. The average molecular weight is 249 g/mol. The maximum absolute atomic E-state index is 8.74. The van der Waals surface area contributed by atoms with Crippen LogP contribution in [0.2, 0.25) is 0 Å². The Balaban J connectivity index is 2.45. The van der Waals surface area contributed by atoms with Gasteiger partial charge in [0.15, 0.2) is 5.84 Å². The Bertz CT molecular complexity index is 525. The Morgan fingerprint density at radius 2 is 2.24 bits per heavy atom. The number of hydrogen-bond donors (Lipinski definition) is 2. The normalized spacial score (nSPS) is 11.5. The second-order valence-corrected chi connectivity index (χ2v) is 4.09. The Morgan fingerprint density at radius 3 is 2.88 bits per heavy atom. The molecule has 1 heterocycles. The van der Waals surface area contributed by atoms with Crippen molar-refractivity contribution in [1.82, 2.24) is 10.2 Å². The molecule has 0 aliphatic heterocycles. The van der Waals surface area contributed by atoms with Gasteiger partial charge in [0.1, 0.15) is 5.51 Å². The molecule has 7 heteroatoms. The SMILES string of the molecule is CN(c1nncs1)c1ccccc1C(N)=NO. The number of benzene rings is 1. The molecule has 0 radical (unpaired) electrons. The molecule has 0 spiro atoms. The molecular weight excluding hydrogens is 238 g/mol. The van der Waals surface area contributed by atoms with E-state index in [1.165, 1.54) is 11.3 Å². The molecule has 88 valence electrons. The molecule has 0 amide bonds. The second-order valence-electron chi connectivity index (χ2n) is 3.28. The third-order valence-corrected chi connectivity index (χ3v) is 3.05. The third-order valence-electron chi connectivity index (χ3n) is 2.28. The minimum Gasteiger partial charge on any atom is -0.409 e. The van der Waals surface area contributed by atoms with Gasteiger partial charge in [-0.3, -0.25) is 0 Å². The van der Waals surface area contributed by atoms with Gasteiger partial charge in [0.2, 0.25) is 5.13 Å². The molecular formula is C10H11N5OS. The highest BCUT2D eigenvalue weighted by Gasteiger charge is 2.13. The van der Waals surface area contributed by atoms with Crippen molar-refractivity contribution in [3.63, 3.8) is 0 Å². The molecule has 3 N–H and O–H groups in total. The molecule has 1 aromatic heterocycles. The largest absolute Gasteiger partial charge is 0.409 e. The van der Waals surface area contributed by atoms with Crippen molar-refractivity contribution in [3.05, 3.63) is 35.3 Å². The van der Waals surface area contributed by atoms with Gasteiger partial charge in [-0.15, -0.1) is 10.2 Å². The number of nitrogens with two attached hydrogens (primary N) is 1. The van der Waals surface area contributed by atoms with E-state index in [9.17, 15) is 0 Å². The molecule has 0 saturated carbocycles. The third kappa shape index (κ3) is 2.18. The fraction of sp³-hybridized carbons (Fsp3) is 0.100. The van der Waals surface area contributed by atoms with Gasteiger partial charge in [-0.25, -0.2) is 0 Å². The predicted molar refractivity (Wildman–Crippen MR) is 66.9 cm³/mol. The van der Waals surface area contributed by atoms with Gasteiger partial charge in [0.25, 0.3) is 0 Å². The quantitative estimate of drug-likeness (QED) is 0.371. The number of para-hydroxylation sites is 1. The minimum atomic E-state index is 0.0666. The summed E-state index contributed by atoms with van der Waals surface area (Å²) in [5.74, 6) is 0.0666. The van der Waals surface area contributed by atoms with E-state index < -0.39 is 0 Å². The first-order chi connectivity index (χ1) is 8.24. The molecule has 0 fully saturated rings. The number of anilines is 2. The lowest BCUT2D eigenvalue weighted by atomic mass is 10.1. The van der Waals surface area contributed by atoms with E-state index >= 15 is 0 Å². The summed E-state index contributed by atoms with van der Waals surface area (Å²) in [4.78, 5) is 1.84. The number of rotatable bonds is 3. The first-order valence-electron chi connectivity index (χ1n) is 4.81. The van der Waals surface area contributed by atoms with Crippen molar-refractivity contribution in [1.29, 1.82) is 0 Å². The number of amidine groups is 1.